The molecule has 2 atom stereocenters. The highest BCUT2D eigenvalue weighted by Gasteiger charge is 2.39. The summed E-state index contributed by atoms with van der Waals surface area (Å²) in [5.41, 5.74) is 0.915. The van der Waals surface area contributed by atoms with Crippen LogP contribution < -0.4 is 10.2 Å². The van der Waals surface area contributed by atoms with E-state index in [1.807, 2.05) is 54.4 Å². The zero-order chi connectivity index (χ0) is 18.1. The Kier molecular flexibility index (Phi) is 4.64. The Morgan fingerprint density at radius 1 is 1.15 bits per heavy atom. The van der Waals surface area contributed by atoms with Crippen LogP contribution in [0.25, 0.3) is 10.8 Å². The first-order valence-corrected chi connectivity index (χ1v) is 9.39. The standard InChI is InChI=1S/C21H25N3O2/c1-22-12-15-9-10-23(13-15)21(26)17-11-20(25)24(14-17)19-8-4-6-16-5-2-3-7-18(16)19/h2-8,15,17,22H,9-14H2,1H3. The summed E-state index contributed by atoms with van der Waals surface area (Å²) < 4.78 is 0. The second kappa shape index (κ2) is 7.08. The Labute approximate surface area is 154 Å². The minimum absolute atomic E-state index is 0.0469. The van der Waals surface area contributed by atoms with Crippen molar-refractivity contribution in [2.75, 3.05) is 38.1 Å². The third-order valence-corrected chi connectivity index (χ3v) is 5.62. The third kappa shape index (κ3) is 3.07. The fourth-order valence-electron chi connectivity index (χ4n) is 4.30. The Hall–Kier alpha value is -2.40. The molecule has 2 aliphatic heterocycles. The topological polar surface area (TPSA) is 52.7 Å². The summed E-state index contributed by atoms with van der Waals surface area (Å²) in [4.78, 5) is 29.3. The highest BCUT2D eigenvalue weighted by Crippen LogP contribution is 2.32. The van der Waals surface area contributed by atoms with Crippen molar-refractivity contribution >= 4 is 28.3 Å². The van der Waals surface area contributed by atoms with Gasteiger partial charge in [0.2, 0.25) is 11.8 Å². The Morgan fingerprint density at radius 3 is 2.81 bits per heavy atom. The lowest BCUT2D eigenvalue weighted by Crippen LogP contribution is -2.36. The van der Waals surface area contributed by atoms with E-state index in [-0.39, 0.29) is 17.7 Å². The lowest BCUT2D eigenvalue weighted by molar-refractivity contribution is -0.134. The summed E-state index contributed by atoms with van der Waals surface area (Å²) in [6.45, 7) is 3.04. The van der Waals surface area contributed by atoms with Gasteiger partial charge in [0, 0.05) is 31.4 Å². The number of nitrogens with zero attached hydrogens (tertiary/aromatic N) is 2. The van der Waals surface area contributed by atoms with Gasteiger partial charge in [-0.25, -0.2) is 0 Å². The molecule has 2 amide bonds. The van der Waals surface area contributed by atoms with E-state index in [1.165, 1.54) is 0 Å². The number of hydrogen-bond donors (Lipinski definition) is 1. The zero-order valence-electron chi connectivity index (χ0n) is 15.1. The van der Waals surface area contributed by atoms with Gasteiger partial charge in [0.05, 0.1) is 11.6 Å². The van der Waals surface area contributed by atoms with Crippen LogP contribution in [0.3, 0.4) is 0 Å². The molecule has 0 aromatic heterocycles. The van der Waals surface area contributed by atoms with Gasteiger partial charge in [-0.3, -0.25) is 9.59 Å². The van der Waals surface area contributed by atoms with E-state index in [4.69, 9.17) is 0 Å². The molecule has 5 heteroatoms. The average Bonchev–Trinajstić information content (AvgIpc) is 3.28. The molecule has 1 N–H and O–H groups in total. The van der Waals surface area contributed by atoms with Crippen molar-refractivity contribution in [1.82, 2.24) is 10.2 Å². The van der Waals surface area contributed by atoms with Gasteiger partial charge in [-0.15, -0.1) is 0 Å². The smallest absolute Gasteiger partial charge is 0.228 e. The molecule has 0 spiro atoms. The molecular formula is C21H25N3O2. The highest BCUT2D eigenvalue weighted by atomic mass is 16.2. The second-order valence-corrected chi connectivity index (χ2v) is 7.40. The maximum absolute atomic E-state index is 12.9. The van der Waals surface area contributed by atoms with Gasteiger partial charge in [-0.1, -0.05) is 36.4 Å². The molecule has 26 heavy (non-hydrogen) atoms. The quantitative estimate of drug-likeness (QED) is 0.919. The normalized spacial score (nSPS) is 23.2. The molecule has 2 fully saturated rings. The summed E-state index contributed by atoms with van der Waals surface area (Å²) in [6, 6.07) is 14.1. The molecule has 0 radical (unpaired) electrons. The molecule has 4 rings (SSSR count). The number of carbonyl (C=O) groups excluding carboxylic acids is 2. The minimum Gasteiger partial charge on any atom is -0.342 e. The van der Waals surface area contributed by atoms with E-state index in [2.05, 4.69) is 5.32 Å². The molecule has 136 valence electrons. The van der Waals surface area contributed by atoms with Crippen LogP contribution in [0.15, 0.2) is 42.5 Å². The first-order chi connectivity index (χ1) is 12.7. The molecule has 2 aliphatic rings. The van der Waals surface area contributed by atoms with Crippen LogP contribution >= 0.6 is 0 Å². The van der Waals surface area contributed by atoms with Crippen molar-refractivity contribution in [3.8, 4) is 0 Å². The van der Waals surface area contributed by atoms with Gasteiger partial charge in [-0.05, 0) is 37.4 Å². The van der Waals surface area contributed by atoms with Crippen molar-refractivity contribution in [1.29, 1.82) is 0 Å². The molecule has 2 heterocycles. The SMILES string of the molecule is CNCC1CCN(C(=O)C2CC(=O)N(c3cccc4ccccc34)C2)C1. The summed E-state index contributed by atoms with van der Waals surface area (Å²) in [5, 5.41) is 5.37. The van der Waals surface area contributed by atoms with Crippen LogP contribution in [0.5, 0.6) is 0 Å². The van der Waals surface area contributed by atoms with Crippen LogP contribution in [-0.2, 0) is 9.59 Å². The molecule has 2 saturated heterocycles. The van der Waals surface area contributed by atoms with E-state index < -0.39 is 0 Å². The maximum atomic E-state index is 12.9. The van der Waals surface area contributed by atoms with Crippen molar-refractivity contribution in [2.24, 2.45) is 11.8 Å². The fourth-order valence-corrected chi connectivity index (χ4v) is 4.30. The minimum atomic E-state index is -0.227. The van der Waals surface area contributed by atoms with Gasteiger partial charge in [-0.2, -0.15) is 0 Å². The first-order valence-electron chi connectivity index (χ1n) is 9.39. The molecule has 2 aromatic carbocycles. The van der Waals surface area contributed by atoms with Crippen molar-refractivity contribution in [3.05, 3.63) is 42.5 Å². The second-order valence-electron chi connectivity index (χ2n) is 7.40. The lowest BCUT2D eigenvalue weighted by Gasteiger charge is -2.22. The van der Waals surface area contributed by atoms with E-state index in [0.29, 0.717) is 18.9 Å². The van der Waals surface area contributed by atoms with Crippen molar-refractivity contribution in [2.45, 2.75) is 12.8 Å². The largest absolute Gasteiger partial charge is 0.342 e. The van der Waals surface area contributed by atoms with E-state index in [0.717, 1.165) is 42.5 Å². The molecule has 0 bridgehead atoms. The number of likely N-dealkylation sites (tertiary alicyclic amines) is 1. The number of anilines is 1. The Balaban J connectivity index is 1.51. The molecule has 0 aliphatic carbocycles. The van der Waals surface area contributed by atoms with E-state index in [9.17, 15) is 9.59 Å². The number of rotatable bonds is 4. The van der Waals surface area contributed by atoms with E-state index in [1.54, 1.807) is 4.90 Å². The van der Waals surface area contributed by atoms with Crippen LogP contribution in [0.1, 0.15) is 12.8 Å². The summed E-state index contributed by atoms with van der Waals surface area (Å²) >= 11 is 0. The van der Waals surface area contributed by atoms with Crippen LogP contribution in [0, 0.1) is 11.8 Å². The first kappa shape index (κ1) is 17.0. The van der Waals surface area contributed by atoms with Crippen molar-refractivity contribution < 1.29 is 9.59 Å². The summed E-state index contributed by atoms with van der Waals surface area (Å²) in [5.74, 6) is 0.482. The predicted molar refractivity (Wildman–Crippen MR) is 103 cm³/mol. The molecule has 0 saturated carbocycles. The number of nitrogens with one attached hydrogen (secondary N) is 1. The average molecular weight is 351 g/mol. The van der Waals surface area contributed by atoms with Crippen molar-refractivity contribution in [3.63, 3.8) is 0 Å². The van der Waals surface area contributed by atoms with Gasteiger partial charge in [0.15, 0.2) is 0 Å². The van der Waals surface area contributed by atoms with E-state index >= 15 is 0 Å². The molecular weight excluding hydrogens is 326 g/mol. The van der Waals surface area contributed by atoms with Crippen LogP contribution in [-0.4, -0.2) is 49.9 Å². The Bertz CT molecular complexity index is 830. The monoisotopic (exact) mass is 351 g/mol. The highest BCUT2D eigenvalue weighted by molar-refractivity contribution is 6.07. The number of hydrogen-bond acceptors (Lipinski definition) is 3. The van der Waals surface area contributed by atoms with Gasteiger partial charge in [0.1, 0.15) is 0 Å². The predicted octanol–water partition coefficient (Wildman–Crippen LogP) is 2.26. The molecule has 2 unspecified atom stereocenters. The lowest BCUT2D eigenvalue weighted by atomic mass is 10.1. The molecule has 2 aromatic rings. The molecule has 5 nitrogen and oxygen atoms in total. The van der Waals surface area contributed by atoms with Gasteiger partial charge in [0.25, 0.3) is 0 Å². The number of fused-ring (bicyclic) bond motifs is 1. The van der Waals surface area contributed by atoms with Crippen LogP contribution in [0.2, 0.25) is 0 Å². The maximum Gasteiger partial charge on any atom is 0.228 e. The number of carbonyl (C=O) groups is 2. The van der Waals surface area contributed by atoms with Crippen LogP contribution in [0.4, 0.5) is 5.69 Å². The number of amides is 2. The number of benzene rings is 2. The fraction of sp³-hybridized carbons (Fsp3) is 0.429. The zero-order valence-corrected chi connectivity index (χ0v) is 15.1. The summed E-state index contributed by atoms with van der Waals surface area (Å²) in [7, 11) is 1.95. The third-order valence-electron chi connectivity index (χ3n) is 5.62. The van der Waals surface area contributed by atoms with Gasteiger partial charge >= 0.3 is 0 Å². The van der Waals surface area contributed by atoms with Gasteiger partial charge < -0.3 is 15.1 Å². The summed E-state index contributed by atoms with van der Waals surface area (Å²) in [6.07, 6.45) is 1.36. The Morgan fingerprint density at radius 2 is 1.96 bits per heavy atom.